The molecule has 0 radical (unpaired) electrons. The molecule has 2 N–H and O–H groups in total. The van der Waals surface area contributed by atoms with Crippen LogP contribution < -0.4 is 19.5 Å². The lowest BCUT2D eigenvalue weighted by Crippen LogP contribution is -2.35. The fourth-order valence-corrected chi connectivity index (χ4v) is 2.47. The van der Waals surface area contributed by atoms with Crippen LogP contribution >= 0.6 is 0 Å². The third kappa shape index (κ3) is 6.14. The second-order valence-corrected chi connectivity index (χ2v) is 5.85. The van der Waals surface area contributed by atoms with E-state index in [1.807, 2.05) is 0 Å². The molecule has 0 aliphatic rings. The van der Waals surface area contributed by atoms with Gasteiger partial charge in [-0.2, -0.15) is 0 Å². The van der Waals surface area contributed by atoms with Crippen molar-refractivity contribution >= 4 is 5.91 Å². The molecule has 0 aromatic heterocycles. The van der Waals surface area contributed by atoms with Gasteiger partial charge in [-0.1, -0.05) is 24.3 Å². The zero-order valence-electron chi connectivity index (χ0n) is 15.4. The molecule has 0 saturated heterocycles. The molecule has 2 aromatic carbocycles. The fourth-order valence-electron chi connectivity index (χ4n) is 2.47. The number of aliphatic hydroxyl groups is 1. The molecule has 1 unspecified atom stereocenters. The summed E-state index contributed by atoms with van der Waals surface area (Å²) in [6.45, 7) is -0.0299. The highest BCUT2D eigenvalue weighted by atomic mass is 19.1. The Hall–Kier alpha value is -2.80. The van der Waals surface area contributed by atoms with Crippen molar-refractivity contribution in [2.24, 2.45) is 0 Å². The van der Waals surface area contributed by atoms with E-state index in [1.165, 1.54) is 20.3 Å². The molecule has 27 heavy (non-hydrogen) atoms. The summed E-state index contributed by atoms with van der Waals surface area (Å²) in [5.41, 5.74) is 0.486. The maximum absolute atomic E-state index is 13.5. The number of carbonyl (C=O) groups excluding carboxylic acids is 1. The van der Waals surface area contributed by atoms with Crippen LogP contribution in [0.1, 0.15) is 12.0 Å². The number of para-hydroxylation sites is 1. The molecule has 1 amide bonds. The molecule has 6 nitrogen and oxygen atoms in total. The molecular weight excluding hydrogens is 353 g/mol. The van der Waals surface area contributed by atoms with E-state index < -0.39 is 6.10 Å². The standard InChI is InChI=1S/C20H24FNO5/c1-25-17-8-5-9-18(26-2)20(17)27-13-15(23)12-22-19(24)11-10-14-6-3-4-7-16(14)21/h3-9,15,23H,10-13H2,1-2H3,(H,22,24). The summed E-state index contributed by atoms with van der Waals surface area (Å²) in [6, 6.07) is 11.5. The zero-order valence-corrected chi connectivity index (χ0v) is 15.4. The monoisotopic (exact) mass is 377 g/mol. The van der Waals surface area contributed by atoms with Crippen molar-refractivity contribution in [1.82, 2.24) is 5.32 Å². The molecule has 0 spiro atoms. The van der Waals surface area contributed by atoms with E-state index in [0.717, 1.165) is 0 Å². The summed E-state index contributed by atoms with van der Waals surface area (Å²) >= 11 is 0. The van der Waals surface area contributed by atoms with Gasteiger partial charge in [-0.15, -0.1) is 0 Å². The van der Waals surface area contributed by atoms with Crippen LogP contribution in [0, 0.1) is 5.82 Å². The first-order chi connectivity index (χ1) is 13.0. The lowest BCUT2D eigenvalue weighted by atomic mass is 10.1. The number of hydrogen-bond acceptors (Lipinski definition) is 5. The molecule has 146 valence electrons. The second kappa shape index (κ2) is 10.4. The van der Waals surface area contributed by atoms with Crippen LogP contribution in [0.25, 0.3) is 0 Å². The van der Waals surface area contributed by atoms with Gasteiger partial charge < -0.3 is 24.6 Å². The van der Waals surface area contributed by atoms with E-state index in [4.69, 9.17) is 14.2 Å². The van der Waals surface area contributed by atoms with Crippen LogP contribution in [0.15, 0.2) is 42.5 Å². The summed E-state index contributed by atoms with van der Waals surface area (Å²) in [7, 11) is 3.02. The third-order valence-corrected chi connectivity index (χ3v) is 3.92. The van der Waals surface area contributed by atoms with Crippen molar-refractivity contribution in [3.05, 3.63) is 53.8 Å². The van der Waals surface area contributed by atoms with E-state index in [-0.39, 0.29) is 31.3 Å². The van der Waals surface area contributed by atoms with Crippen molar-refractivity contribution < 1.29 is 28.5 Å². The number of rotatable bonds is 10. The SMILES string of the molecule is COc1cccc(OC)c1OCC(O)CNC(=O)CCc1ccccc1F. The Balaban J connectivity index is 1.77. The van der Waals surface area contributed by atoms with Crippen LogP contribution in [0.4, 0.5) is 4.39 Å². The Morgan fingerprint density at radius 1 is 1.11 bits per heavy atom. The molecule has 0 aliphatic heterocycles. The highest BCUT2D eigenvalue weighted by Crippen LogP contribution is 2.36. The van der Waals surface area contributed by atoms with E-state index >= 15 is 0 Å². The lowest BCUT2D eigenvalue weighted by Gasteiger charge is -2.17. The number of halogens is 1. The van der Waals surface area contributed by atoms with Crippen molar-refractivity contribution in [2.75, 3.05) is 27.4 Å². The van der Waals surface area contributed by atoms with Gasteiger partial charge in [-0.25, -0.2) is 4.39 Å². The number of methoxy groups -OCH3 is 2. The van der Waals surface area contributed by atoms with E-state index in [0.29, 0.717) is 29.2 Å². The molecule has 1 atom stereocenters. The van der Waals surface area contributed by atoms with Crippen molar-refractivity contribution in [2.45, 2.75) is 18.9 Å². The zero-order chi connectivity index (χ0) is 19.6. The number of hydrogen-bond donors (Lipinski definition) is 2. The fraction of sp³-hybridized carbons (Fsp3) is 0.350. The Morgan fingerprint density at radius 2 is 1.78 bits per heavy atom. The minimum atomic E-state index is -0.919. The van der Waals surface area contributed by atoms with Gasteiger partial charge in [0.15, 0.2) is 11.5 Å². The van der Waals surface area contributed by atoms with Crippen LogP contribution in [0.3, 0.4) is 0 Å². The second-order valence-electron chi connectivity index (χ2n) is 5.85. The molecule has 0 aliphatic carbocycles. The number of benzene rings is 2. The first kappa shape index (κ1) is 20.5. The average molecular weight is 377 g/mol. The van der Waals surface area contributed by atoms with Gasteiger partial charge in [-0.3, -0.25) is 4.79 Å². The molecule has 7 heteroatoms. The van der Waals surface area contributed by atoms with Gasteiger partial charge >= 0.3 is 0 Å². The van der Waals surface area contributed by atoms with Gasteiger partial charge in [0.2, 0.25) is 11.7 Å². The molecule has 2 aromatic rings. The largest absolute Gasteiger partial charge is 0.493 e. The Morgan fingerprint density at radius 3 is 2.41 bits per heavy atom. The minimum Gasteiger partial charge on any atom is -0.493 e. The van der Waals surface area contributed by atoms with Gasteiger partial charge in [0.25, 0.3) is 0 Å². The first-order valence-corrected chi connectivity index (χ1v) is 8.57. The Kier molecular flexibility index (Phi) is 7.88. The lowest BCUT2D eigenvalue weighted by molar-refractivity contribution is -0.121. The van der Waals surface area contributed by atoms with Crippen LogP contribution in [0.5, 0.6) is 17.2 Å². The predicted molar refractivity (Wildman–Crippen MR) is 98.8 cm³/mol. The maximum atomic E-state index is 13.5. The number of aryl methyl sites for hydroxylation is 1. The summed E-state index contributed by atoms with van der Waals surface area (Å²) in [5.74, 6) is 0.745. The van der Waals surface area contributed by atoms with Crippen molar-refractivity contribution in [3.63, 3.8) is 0 Å². The quantitative estimate of drug-likeness (QED) is 0.665. The number of ether oxygens (including phenoxy) is 3. The van der Waals surface area contributed by atoms with Gasteiger partial charge in [-0.05, 0) is 30.2 Å². The van der Waals surface area contributed by atoms with E-state index in [1.54, 1.807) is 36.4 Å². The number of aliphatic hydroxyl groups excluding tert-OH is 1. The molecule has 0 bridgehead atoms. The number of nitrogens with one attached hydrogen (secondary N) is 1. The van der Waals surface area contributed by atoms with Crippen molar-refractivity contribution in [1.29, 1.82) is 0 Å². The van der Waals surface area contributed by atoms with Gasteiger partial charge in [0, 0.05) is 13.0 Å². The molecule has 0 saturated carbocycles. The first-order valence-electron chi connectivity index (χ1n) is 8.57. The summed E-state index contributed by atoms with van der Waals surface area (Å²) in [6.07, 6.45) is -0.490. The smallest absolute Gasteiger partial charge is 0.220 e. The van der Waals surface area contributed by atoms with Gasteiger partial charge in [0.1, 0.15) is 18.5 Å². The summed E-state index contributed by atoms with van der Waals surface area (Å²) in [5, 5.41) is 12.6. The van der Waals surface area contributed by atoms with Crippen LogP contribution in [-0.2, 0) is 11.2 Å². The third-order valence-electron chi connectivity index (χ3n) is 3.92. The maximum Gasteiger partial charge on any atom is 0.220 e. The highest BCUT2D eigenvalue weighted by molar-refractivity contribution is 5.76. The summed E-state index contributed by atoms with van der Waals surface area (Å²) in [4.78, 5) is 11.9. The van der Waals surface area contributed by atoms with Crippen LogP contribution in [-0.4, -0.2) is 44.5 Å². The van der Waals surface area contributed by atoms with E-state index in [9.17, 15) is 14.3 Å². The van der Waals surface area contributed by atoms with Crippen LogP contribution in [0.2, 0.25) is 0 Å². The number of carbonyl (C=O) groups is 1. The molecule has 0 fully saturated rings. The topological polar surface area (TPSA) is 77.0 Å². The highest BCUT2D eigenvalue weighted by Gasteiger charge is 2.14. The van der Waals surface area contributed by atoms with Crippen molar-refractivity contribution in [3.8, 4) is 17.2 Å². The van der Waals surface area contributed by atoms with Gasteiger partial charge in [0.05, 0.1) is 14.2 Å². The normalized spacial score (nSPS) is 11.6. The molecule has 2 rings (SSSR count). The molecular formula is C20H24FNO5. The van der Waals surface area contributed by atoms with E-state index in [2.05, 4.69) is 5.32 Å². The number of amides is 1. The summed E-state index contributed by atoms with van der Waals surface area (Å²) < 4.78 is 29.5. The predicted octanol–water partition coefficient (Wildman–Crippen LogP) is 2.33. The molecule has 0 heterocycles. The Labute approximate surface area is 157 Å². The average Bonchev–Trinajstić information content (AvgIpc) is 2.69. The minimum absolute atomic E-state index is 0.0214. The Bertz CT molecular complexity index is 731.